The first-order valence-electron chi connectivity index (χ1n) is 9.73. The van der Waals surface area contributed by atoms with Gasteiger partial charge in [-0.2, -0.15) is 0 Å². The van der Waals surface area contributed by atoms with E-state index in [-0.39, 0.29) is 22.8 Å². The van der Waals surface area contributed by atoms with Crippen LogP contribution in [0.15, 0.2) is 65.3 Å². The first-order valence-corrected chi connectivity index (χ1v) is 9.73. The summed E-state index contributed by atoms with van der Waals surface area (Å²) in [5, 5.41) is 5.40. The fraction of sp³-hybridized carbons (Fsp3) is 0.208. The molecule has 2 N–H and O–H groups in total. The van der Waals surface area contributed by atoms with Crippen molar-refractivity contribution in [2.45, 2.75) is 33.1 Å². The third kappa shape index (κ3) is 5.60. The van der Waals surface area contributed by atoms with E-state index in [1.807, 2.05) is 12.1 Å². The Morgan fingerprint density at radius 1 is 0.903 bits per heavy atom. The molecule has 160 valence electrons. The Morgan fingerprint density at radius 2 is 1.61 bits per heavy atom. The molecule has 0 saturated carbocycles. The molecule has 0 unspecified atom stereocenters. The molecule has 31 heavy (non-hydrogen) atoms. The number of esters is 1. The maximum absolute atomic E-state index is 12.7. The van der Waals surface area contributed by atoms with Crippen LogP contribution in [0.25, 0.3) is 0 Å². The lowest BCUT2D eigenvalue weighted by atomic mass is 9.87. The van der Waals surface area contributed by atoms with Crippen molar-refractivity contribution in [3.8, 4) is 5.75 Å². The van der Waals surface area contributed by atoms with Crippen LogP contribution in [-0.2, 0) is 10.2 Å². The van der Waals surface area contributed by atoms with E-state index in [9.17, 15) is 14.4 Å². The molecule has 0 atom stereocenters. The predicted octanol–water partition coefficient (Wildman–Crippen LogP) is 5.01. The average molecular weight is 420 g/mol. The van der Waals surface area contributed by atoms with Crippen molar-refractivity contribution in [3.63, 3.8) is 0 Å². The van der Waals surface area contributed by atoms with E-state index in [0.717, 1.165) is 5.56 Å². The van der Waals surface area contributed by atoms with E-state index in [0.29, 0.717) is 16.9 Å². The normalized spacial score (nSPS) is 11.0. The lowest BCUT2D eigenvalue weighted by Crippen LogP contribution is -2.16. The van der Waals surface area contributed by atoms with Gasteiger partial charge in [-0.3, -0.25) is 14.4 Å². The summed E-state index contributed by atoms with van der Waals surface area (Å²) in [6.07, 6.45) is 1.39. The minimum Gasteiger partial charge on any atom is -0.459 e. The van der Waals surface area contributed by atoms with Crippen LogP contribution in [0.4, 0.5) is 11.4 Å². The number of anilines is 2. The Bertz CT molecular complexity index is 1090. The summed E-state index contributed by atoms with van der Waals surface area (Å²) in [6.45, 7) is 7.55. The zero-order valence-corrected chi connectivity index (χ0v) is 17.8. The van der Waals surface area contributed by atoms with Crippen LogP contribution in [0, 0.1) is 0 Å². The van der Waals surface area contributed by atoms with Crippen molar-refractivity contribution in [2.24, 2.45) is 0 Å². The number of benzene rings is 2. The Morgan fingerprint density at radius 3 is 2.19 bits per heavy atom. The number of hydrogen-bond donors (Lipinski definition) is 2. The highest BCUT2D eigenvalue weighted by Crippen LogP contribution is 2.30. The van der Waals surface area contributed by atoms with E-state index in [4.69, 9.17) is 9.15 Å². The number of furan rings is 1. The van der Waals surface area contributed by atoms with Crippen LogP contribution < -0.4 is 15.4 Å². The Balaban J connectivity index is 1.80. The summed E-state index contributed by atoms with van der Waals surface area (Å²) in [5.74, 6) is -1.09. The largest absolute Gasteiger partial charge is 0.459 e. The number of carbonyl (C=O) groups is 3. The summed E-state index contributed by atoms with van der Waals surface area (Å²) in [5.41, 5.74) is 2.24. The molecular formula is C24H24N2O5. The fourth-order valence-electron chi connectivity index (χ4n) is 2.86. The van der Waals surface area contributed by atoms with Crippen LogP contribution in [0.1, 0.15) is 54.2 Å². The topological polar surface area (TPSA) is 97.6 Å². The molecular weight excluding hydrogens is 396 g/mol. The van der Waals surface area contributed by atoms with Gasteiger partial charge in [-0.05, 0) is 47.4 Å². The SMILES string of the molecule is CC(=O)Oc1cc(NC(=O)c2ccco2)ccc1NC(=O)c1ccc(C(C)(C)C)cc1. The van der Waals surface area contributed by atoms with Crippen molar-refractivity contribution in [2.75, 3.05) is 10.6 Å². The van der Waals surface area contributed by atoms with Crippen LogP contribution in [-0.4, -0.2) is 17.8 Å². The Hall–Kier alpha value is -3.87. The van der Waals surface area contributed by atoms with Crippen molar-refractivity contribution < 1.29 is 23.5 Å². The third-order valence-corrected chi connectivity index (χ3v) is 4.50. The zero-order chi connectivity index (χ0) is 22.6. The molecule has 3 rings (SSSR count). The molecule has 0 bridgehead atoms. The molecule has 0 radical (unpaired) electrons. The molecule has 1 aromatic heterocycles. The lowest BCUT2D eigenvalue weighted by molar-refractivity contribution is -0.131. The summed E-state index contributed by atoms with van der Waals surface area (Å²) in [7, 11) is 0. The van der Waals surface area contributed by atoms with Gasteiger partial charge < -0.3 is 19.8 Å². The summed E-state index contributed by atoms with van der Waals surface area (Å²) in [6, 6.07) is 15.1. The van der Waals surface area contributed by atoms with Gasteiger partial charge in [0.15, 0.2) is 11.5 Å². The fourth-order valence-corrected chi connectivity index (χ4v) is 2.86. The van der Waals surface area contributed by atoms with Gasteiger partial charge >= 0.3 is 5.97 Å². The van der Waals surface area contributed by atoms with E-state index in [2.05, 4.69) is 31.4 Å². The molecule has 7 nitrogen and oxygen atoms in total. The molecule has 0 spiro atoms. The van der Waals surface area contributed by atoms with Gasteiger partial charge in [0, 0.05) is 24.2 Å². The maximum atomic E-state index is 12.7. The second-order valence-corrected chi connectivity index (χ2v) is 8.02. The van der Waals surface area contributed by atoms with Crippen molar-refractivity contribution in [1.82, 2.24) is 0 Å². The van der Waals surface area contributed by atoms with Crippen molar-refractivity contribution >= 4 is 29.2 Å². The highest BCUT2D eigenvalue weighted by molar-refractivity contribution is 6.06. The molecule has 0 aliphatic heterocycles. The molecule has 3 aromatic rings. The Labute approximate surface area is 180 Å². The molecule has 2 aromatic carbocycles. The van der Waals surface area contributed by atoms with Gasteiger partial charge in [-0.1, -0.05) is 32.9 Å². The molecule has 0 aliphatic rings. The monoisotopic (exact) mass is 420 g/mol. The standard InChI is InChI=1S/C24H24N2O5/c1-15(27)31-21-14-18(25-23(29)20-6-5-13-30-20)11-12-19(21)26-22(28)16-7-9-17(10-8-16)24(2,3)4/h5-14H,1-4H3,(H,25,29)(H,26,28). The highest BCUT2D eigenvalue weighted by atomic mass is 16.5. The van der Waals surface area contributed by atoms with E-state index in [1.54, 1.807) is 30.3 Å². The summed E-state index contributed by atoms with van der Waals surface area (Å²) in [4.78, 5) is 36.4. The van der Waals surface area contributed by atoms with Gasteiger partial charge in [-0.25, -0.2) is 0 Å². The van der Waals surface area contributed by atoms with Crippen LogP contribution in [0.5, 0.6) is 5.75 Å². The summed E-state index contributed by atoms with van der Waals surface area (Å²) >= 11 is 0. The first kappa shape index (κ1) is 21.8. The number of ether oxygens (including phenoxy) is 1. The van der Waals surface area contributed by atoms with Crippen molar-refractivity contribution in [3.05, 3.63) is 77.7 Å². The van der Waals surface area contributed by atoms with Gasteiger partial charge in [0.05, 0.1) is 12.0 Å². The lowest BCUT2D eigenvalue weighted by Gasteiger charge is -2.19. The zero-order valence-electron chi connectivity index (χ0n) is 17.8. The van der Waals surface area contributed by atoms with Gasteiger partial charge in [0.25, 0.3) is 11.8 Å². The number of rotatable bonds is 5. The first-order chi connectivity index (χ1) is 14.6. The van der Waals surface area contributed by atoms with E-state index >= 15 is 0 Å². The number of nitrogens with one attached hydrogen (secondary N) is 2. The second-order valence-electron chi connectivity index (χ2n) is 8.02. The van der Waals surface area contributed by atoms with Crippen LogP contribution in [0.2, 0.25) is 0 Å². The smallest absolute Gasteiger partial charge is 0.308 e. The minimum atomic E-state index is -0.556. The summed E-state index contributed by atoms with van der Waals surface area (Å²) < 4.78 is 10.3. The quantitative estimate of drug-likeness (QED) is 0.447. The maximum Gasteiger partial charge on any atom is 0.308 e. The molecule has 0 fully saturated rings. The van der Waals surface area contributed by atoms with E-state index < -0.39 is 11.9 Å². The van der Waals surface area contributed by atoms with Crippen LogP contribution in [0.3, 0.4) is 0 Å². The molecule has 2 amide bonds. The highest BCUT2D eigenvalue weighted by Gasteiger charge is 2.17. The average Bonchev–Trinajstić information content (AvgIpc) is 3.24. The number of hydrogen-bond acceptors (Lipinski definition) is 5. The van der Waals surface area contributed by atoms with Gasteiger partial charge in [0.2, 0.25) is 0 Å². The minimum absolute atomic E-state index is 0.0204. The van der Waals surface area contributed by atoms with Gasteiger partial charge in [-0.15, -0.1) is 0 Å². The number of carbonyl (C=O) groups excluding carboxylic acids is 3. The molecule has 0 saturated heterocycles. The molecule has 0 aliphatic carbocycles. The predicted molar refractivity (Wildman–Crippen MR) is 118 cm³/mol. The van der Waals surface area contributed by atoms with Crippen molar-refractivity contribution in [1.29, 1.82) is 0 Å². The second kappa shape index (κ2) is 8.87. The van der Waals surface area contributed by atoms with Gasteiger partial charge in [0.1, 0.15) is 0 Å². The molecule has 7 heteroatoms. The third-order valence-electron chi connectivity index (χ3n) is 4.50. The number of amides is 2. The van der Waals surface area contributed by atoms with E-state index in [1.165, 1.54) is 25.3 Å². The van der Waals surface area contributed by atoms with Crippen LogP contribution >= 0.6 is 0 Å². The molecule has 1 heterocycles. The Kier molecular flexibility index (Phi) is 6.25.